The van der Waals surface area contributed by atoms with Crippen molar-refractivity contribution in [3.8, 4) is 0 Å². The van der Waals surface area contributed by atoms with E-state index in [0.717, 1.165) is 0 Å². The van der Waals surface area contributed by atoms with E-state index in [9.17, 15) is 29.1 Å². The van der Waals surface area contributed by atoms with Crippen LogP contribution in [-0.4, -0.2) is 58.9 Å². The topological polar surface area (TPSA) is 194 Å². The first-order chi connectivity index (χ1) is 15.1. The molecular formula is C22H41N5O6. The quantitative estimate of drug-likeness (QED) is 0.191. The third-order valence-corrected chi connectivity index (χ3v) is 4.94. The van der Waals surface area contributed by atoms with E-state index in [1.54, 1.807) is 13.8 Å². The first kappa shape index (κ1) is 30.3. The second-order valence-corrected chi connectivity index (χ2v) is 9.56. The molecule has 8 N–H and O–H groups in total. The van der Waals surface area contributed by atoms with E-state index in [1.807, 2.05) is 27.7 Å². The van der Waals surface area contributed by atoms with Crippen LogP contribution in [0.5, 0.6) is 0 Å². The van der Waals surface area contributed by atoms with Crippen LogP contribution in [0.2, 0.25) is 0 Å². The minimum absolute atomic E-state index is 0.00139. The summed E-state index contributed by atoms with van der Waals surface area (Å²) < 4.78 is 0. The Bertz CT molecular complexity index is 695. The summed E-state index contributed by atoms with van der Waals surface area (Å²) in [6, 6.07) is -4.06. The van der Waals surface area contributed by atoms with Crippen LogP contribution in [0.25, 0.3) is 0 Å². The van der Waals surface area contributed by atoms with Crippen molar-refractivity contribution in [2.45, 2.75) is 91.4 Å². The number of nitrogens with one attached hydrogen (secondary N) is 3. The van der Waals surface area contributed by atoms with Crippen molar-refractivity contribution in [1.82, 2.24) is 16.0 Å². The highest BCUT2D eigenvalue weighted by Crippen LogP contribution is 2.10. The van der Waals surface area contributed by atoms with Gasteiger partial charge in [-0.1, -0.05) is 41.5 Å². The zero-order valence-electron chi connectivity index (χ0n) is 20.5. The van der Waals surface area contributed by atoms with Gasteiger partial charge in [-0.05, 0) is 37.0 Å². The van der Waals surface area contributed by atoms with Gasteiger partial charge in [0.2, 0.25) is 23.6 Å². The first-order valence-electron chi connectivity index (χ1n) is 11.3. The largest absolute Gasteiger partial charge is 0.480 e. The molecule has 0 bridgehead atoms. The lowest BCUT2D eigenvalue weighted by Gasteiger charge is -2.27. The Balaban J connectivity index is 5.43. The third kappa shape index (κ3) is 12.2. The molecule has 0 spiro atoms. The average Bonchev–Trinajstić information content (AvgIpc) is 2.66. The van der Waals surface area contributed by atoms with Gasteiger partial charge in [-0.25, -0.2) is 4.79 Å². The molecule has 0 aliphatic heterocycles. The number of rotatable bonds is 15. The van der Waals surface area contributed by atoms with E-state index in [1.165, 1.54) is 0 Å². The van der Waals surface area contributed by atoms with Gasteiger partial charge in [-0.15, -0.1) is 0 Å². The number of carboxylic acid groups (broad SMARTS) is 1. The van der Waals surface area contributed by atoms with E-state index >= 15 is 0 Å². The number of amides is 4. The lowest BCUT2D eigenvalue weighted by molar-refractivity contribution is -0.142. The molecule has 0 aliphatic carbocycles. The Kier molecular flexibility index (Phi) is 13.3. The number of aliphatic carboxylic acids is 1. The average molecular weight is 472 g/mol. The Labute approximate surface area is 195 Å². The van der Waals surface area contributed by atoms with Crippen LogP contribution in [0.4, 0.5) is 0 Å². The Morgan fingerprint density at radius 2 is 1.27 bits per heavy atom. The van der Waals surface area contributed by atoms with Crippen LogP contribution in [0.3, 0.4) is 0 Å². The molecule has 0 rings (SSSR count). The summed E-state index contributed by atoms with van der Waals surface area (Å²) in [6.07, 6.45) is 0.317. The molecule has 11 nitrogen and oxygen atoms in total. The second kappa shape index (κ2) is 14.5. The van der Waals surface area contributed by atoms with Gasteiger partial charge in [0, 0.05) is 6.42 Å². The first-order valence-corrected chi connectivity index (χ1v) is 11.3. The summed E-state index contributed by atoms with van der Waals surface area (Å²) in [5.74, 6) is -3.81. The van der Waals surface area contributed by atoms with Crippen molar-refractivity contribution < 1.29 is 29.1 Å². The fourth-order valence-electron chi connectivity index (χ4n) is 3.19. The number of nitrogens with two attached hydrogens (primary N) is 2. The summed E-state index contributed by atoms with van der Waals surface area (Å²) in [5, 5.41) is 17.0. The summed E-state index contributed by atoms with van der Waals surface area (Å²) in [7, 11) is 0. The number of hydrogen-bond donors (Lipinski definition) is 6. The molecule has 33 heavy (non-hydrogen) atoms. The number of hydrogen-bond acceptors (Lipinski definition) is 6. The van der Waals surface area contributed by atoms with Gasteiger partial charge in [0.25, 0.3) is 0 Å². The SMILES string of the molecule is CC(C)CC(N)C(=O)NC(C(=O)NC(CC(C)C)C(=O)NC(CCC(N)=O)C(=O)O)C(C)C. The molecule has 0 fully saturated rings. The Morgan fingerprint density at radius 1 is 0.758 bits per heavy atom. The summed E-state index contributed by atoms with van der Waals surface area (Å²) in [6.45, 7) is 11.1. The Morgan fingerprint density at radius 3 is 1.70 bits per heavy atom. The van der Waals surface area contributed by atoms with Gasteiger partial charge in [0.15, 0.2) is 0 Å². The molecule has 11 heteroatoms. The van der Waals surface area contributed by atoms with E-state index in [2.05, 4.69) is 16.0 Å². The number of carboxylic acids is 1. The highest BCUT2D eigenvalue weighted by Gasteiger charge is 2.32. The molecule has 0 saturated heterocycles. The standard InChI is InChI=1S/C22H41N5O6/c1-11(2)9-14(23)19(29)27-18(13(5)6)21(31)26-16(10-12(3)4)20(30)25-15(22(32)33)7-8-17(24)28/h11-16,18H,7-10,23H2,1-6H3,(H2,24,28)(H,25,30)(H,26,31)(H,27,29)(H,32,33). The fraction of sp³-hybridized carbons (Fsp3) is 0.773. The smallest absolute Gasteiger partial charge is 0.326 e. The van der Waals surface area contributed by atoms with Crippen molar-refractivity contribution in [3.05, 3.63) is 0 Å². The molecule has 0 saturated carbocycles. The number of carbonyl (C=O) groups is 5. The van der Waals surface area contributed by atoms with Crippen molar-refractivity contribution in [3.63, 3.8) is 0 Å². The molecule has 4 unspecified atom stereocenters. The minimum atomic E-state index is -1.33. The van der Waals surface area contributed by atoms with E-state index in [-0.39, 0.29) is 37.0 Å². The third-order valence-electron chi connectivity index (χ3n) is 4.94. The fourth-order valence-corrected chi connectivity index (χ4v) is 3.19. The van der Waals surface area contributed by atoms with Crippen LogP contribution in [0.1, 0.15) is 67.2 Å². The van der Waals surface area contributed by atoms with Crippen LogP contribution < -0.4 is 27.4 Å². The zero-order chi connectivity index (χ0) is 25.9. The maximum absolute atomic E-state index is 13.0. The number of carbonyl (C=O) groups excluding carboxylic acids is 4. The van der Waals surface area contributed by atoms with E-state index in [4.69, 9.17) is 11.5 Å². The molecule has 0 aliphatic rings. The minimum Gasteiger partial charge on any atom is -0.480 e. The van der Waals surface area contributed by atoms with Gasteiger partial charge in [-0.2, -0.15) is 0 Å². The van der Waals surface area contributed by atoms with Gasteiger partial charge < -0.3 is 32.5 Å². The van der Waals surface area contributed by atoms with Crippen LogP contribution in [-0.2, 0) is 24.0 Å². The molecule has 0 aromatic rings. The maximum Gasteiger partial charge on any atom is 0.326 e. The molecule has 0 aromatic heterocycles. The lowest BCUT2D eigenvalue weighted by atomic mass is 9.98. The van der Waals surface area contributed by atoms with Crippen LogP contribution in [0, 0.1) is 17.8 Å². The molecule has 4 atom stereocenters. The van der Waals surface area contributed by atoms with Gasteiger partial charge in [0.05, 0.1) is 6.04 Å². The van der Waals surface area contributed by atoms with E-state index in [0.29, 0.717) is 6.42 Å². The Hall–Kier alpha value is -2.69. The zero-order valence-corrected chi connectivity index (χ0v) is 20.5. The highest BCUT2D eigenvalue weighted by atomic mass is 16.4. The molecule has 0 heterocycles. The highest BCUT2D eigenvalue weighted by molar-refractivity contribution is 5.94. The van der Waals surface area contributed by atoms with Gasteiger partial charge >= 0.3 is 5.97 Å². The van der Waals surface area contributed by atoms with Crippen molar-refractivity contribution in [2.75, 3.05) is 0 Å². The predicted molar refractivity (Wildman–Crippen MR) is 124 cm³/mol. The van der Waals surface area contributed by atoms with Crippen LogP contribution >= 0.6 is 0 Å². The van der Waals surface area contributed by atoms with E-state index < -0.39 is 53.8 Å². The van der Waals surface area contributed by atoms with Crippen molar-refractivity contribution >= 4 is 29.6 Å². The monoisotopic (exact) mass is 471 g/mol. The molecule has 190 valence electrons. The molecular weight excluding hydrogens is 430 g/mol. The summed E-state index contributed by atoms with van der Waals surface area (Å²) in [4.78, 5) is 60.7. The normalized spacial score (nSPS) is 15.0. The number of primary amides is 1. The van der Waals surface area contributed by atoms with Crippen molar-refractivity contribution in [2.24, 2.45) is 29.2 Å². The predicted octanol–water partition coefficient (Wildman–Crippen LogP) is -0.134. The van der Waals surface area contributed by atoms with Gasteiger partial charge in [0.1, 0.15) is 18.1 Å². The lowest BCUT2D eigenvalue weighted by Crippen LogP contribution is -2.58. The van der Waals surface area contributed by atoms with Crippen LogP contribution in [0.15, 0.2) is 0 Å². The summed E-state index contributed by atoms with van der Waals surface area (Å²) >= 11 is 0. The second-order valence-electron chi connectivity index (χ2n) is 9.56. The van der Waals surface area contributed by atoms with Gasteiger partial charge in [-0.3, -0.25) is 19.2 Å². The molecule has 4 amide bonds. The maximum atomic E-state index is 13.0. The summed E-state index contributed by atoms with van der Waals surface area (Å²) in [5.41, 5.74) is 11.0. The molecule has 0 aromatic carbocycles. The molecule has 0 radical (unpaired) electrons. The van der Waals surface area contributed by atoms with Crippen molar-refractivity contribution in [1.29, 1.82) is 0 Å².